The van der Waals surface area contributed by atoms with Crippen LogP contribution in [0.5, 0.6) is 5.75 Å². The maximum absolute atomic E-state index is 5.50. The van der Waals surface area contributed by atoms with Gasteiger partial charge in [0.2, 0.25) is 0 Å². The van der Waals surface area contributed by atoms with Crippen molar-refractivity contribution in [2.45, 2.75) is 32.2 Å². The highest BCUT2D eigenvalue weighted by Gasteiger charge is 2.25. The average molecular weight is 520 g/mol. The van der Waals surface area contributed by atoms with Crippen molar-refractivity contribution in [2.75, 3.05) is 65.1 Å². The molecule has 0 saturated carbocycles. The maximum atomic E-state index is 5.50. The van der Waals surface area contributed by atoms with Crippen LogP contribution < -0.4 is 20.3 Å². The lowest BCUT2D eigenvalue weighted by molar-refractivity contribution is 0.0690. The van der Waals surface area contributed by atoms with Crippen LogP contribution in [0.4, 0.5) is 5.69 Å². The first-order chi connectivity index (χ1) is 13.8. The van der Waals surface area contributed by atoms with Crippen LogP contribution in [0.15, 0.2) is 29.3 Å². The van der Waals surface area contributed by atoms with Crippen molar-refractivity contribution in [3.63, 3.8) is 0 Å². The molecule has 0 spiro atoms. The molecule has 2 N–H and O–H groups in total. The van der Waals surface area contributed by atoms with E-state index < -0.39 is 0 Å². The summed E-state index contributed by atoms with van der Waals surface area (Å²) >= 11 is 0. The summed E-state index contributed by atoms with van der Waals surface area (Å²) in [6.45, 7) is 7.78. The second-order valence-corrected chi connectivity index (χ2v) is 6.82. The molecule has 1 fully saturated rings. The topological polar surface area (TPSA) is 67.4 Å². The molecule has 1 aliphatic rings. The monoisotopic (exact) mass is 520 g/mol. The molecule has 7 nitrogen and oxygen atoms in total. The first-order valence-corrected chi connectivity index (χ1v) is 10.3. The number of hydrogen-bond donors (Lipinski definition) is 2. The van der Waals surface area contributed by atoms with E-state index in [1.807, 2.05) is 12.1 Å². The van der Waals surface area contributed by atoms with Crippen LogP contribution in [0.1, 0.15) is 26.2 Å². The van der Waals surface area contributed by atoms with Crippen LogP contribution >= 0.6 is 24.0 Å². The van der Waals surface area contributed by atoms with Crippen molar-refractivity contribution in [1.29, 1.82) is 0 Å². The highest BCUT2D eigenvalue weighted by Crippen LogP contribution is 2.30. The number of halogens is 1. The molecule has 166 valence electrons. The summed E-state index contributed by atoms with van der Waals surface area (Å²) in [7, 11) is 3.41. The van der Waals surface area contributed by atoms with Gasteiger partial charge in [0.05, 0.1) is 26.0 Å². The fourth-order valence-electron chi connectivity index (χ4n) is 3.25. The lowest BCUT2D eigenvalue weighted by Crippen LogP contribution is -2.44. The third kappa shape index (κ3) is 9.39. The summed E-state index contributed by atoms with van der Waals surface area (Å²) in [5, 5.41) is 6.93. The quantitative estimate of drug-likeness (QED) is 0.191. The van der Waals surface area contributed by atoms with Gasteiger partial charge in [0.1, 0.15) is 5.75 Å². The Hall–Kier alpha value is -1.26. The van der Waals surface area contributed by atoms with Gasteiger partial charge in [0.15, 0.2) is 5.96 Å². The van der Waals surface area contributed by atoms with Gasteiger partial charge in [-0.15, -0.1) is 24.0 Å². The Kier molecular flexibility index (Phi) is 13.8. The van der Waals surface area contributed by atoms with Crippen molar-refractivity contribution in [3.8, 4) is 5.75 Å². The Morgan fingerprint density at radius 1 is 1.17 bits per heavy atom. The fourth-order valence-corrected chi connectivity index (χ4v) is 3.25. The SMILES string of the molecule is CCNC(=NCCCCOCCOC)NC1CCN(c2ccccc2OC)C1.I. The summed E-state index contributed by atoms with van der Waals surface area (Å²) in [6.07, 6.45) is 3.11. The van der Waals surface area contributed by atoms with Gasteiger partial charge in [-0.2, -0.15) is 0 Å². The number of nitrogens with zero attached hydrogens (tertiary/aromatic N) is 2. The largest absolute Gasteiger partial charge is 0.495 e. The molecule has 1 saturated heterocycles. The average Bonchev–Trinajstić information content (AvgIpc) is 3.18. The zero-order valence-corrected chi connectivity index (χ0v) is 20.3. The highest BCUT2D eigenvalue weighted by molar-refractivity contribution is 14.0. The number of para-hydroxylation sites is 2. The number of guanidine groups is 1. The Balaban J connectivity index is 0.00000420. The Morgan fingerprint density at radius 3 is 2.76 bits per heavy atom. The molecule has 0 amide bonds. The van der Waals surface area contributed by atoms with E-state index in [0.29, 0.717) is 19.3 Å². The number of rotatable bonds is 12. The molecule has 0 bridgehead atoms. The van der Waals surface area contributed by atoms with Crippen LogP contribution in [0.2, 0.25) is 0 Å². The molecule has 2 rings (SSSR count). The maximum Gasteiger partial charge on any atom is 0.191 e. The van der Waals surface area contributed by atoms with Crippen molar-refractivity contribution in [1.82, 2.24) is 10.6 Å². The zero-order valence-electron chi connectivity index (χ0n) is 18.0. The van der Waals surface area contributed by atoms with Crippen molar-refractivity contribution in [2.24, 2.45) is 4.99 Å². The number of nitrogens with one attached hydrogen (secondary N) is 2. The fraction of sp³-hybridized carbons (Fsp3) is 0.667. The third-order valence-corrected chi connectivity index (χ3v) is 4.70. The zero-order chi connectivity index (χ0) is 20.0. The van der Waals surface area contributed by atoms with E-state index in [9.17, 15) is 0 Å². The number of aliphatic imine (C=N–C) groups is 1. The number of unbranched alkanes of at least 4 members (excludes halogenated alkanes) is 1. The van der Waals surface area contributed by atoms with Gasteiger partial charge in [0, 0.05) is 45.9 Å². The minimum Gasteiger partial charge on any atom is -0.495 e. The van der Waals surface area contributed by atoms with Crippen LogP contribution in [0.25, 0.3) is 0 Å². The molecular weight excluding hydrogens is 483 g/mol. The molecule has 0 radical (unpaired) electrons. The molecular formula is C21H37IN4O3. The number of methoxy groups -OCH3 is 2. The first-order valence-electron chi connectivity index (χ1n) is 10.3. The Bertz CT molecular complexity index is 589. The van der Waals surface area contributed by atoms with Gasteiger partial charge < -0.3 is 29.7 Å². The minimum absolute atomic E-state index is 0. The molecule has 1 atom stereocenters. The Labute approximate surface area is 192 Å². The summed E-state index contributed by atoms with van der Waals surface area (Å²) < 4.78 is 16.0. The lowest BCUT2D eigenvalue weighted by Gasteiger charge is -2.22. The minimum atomic E-state index is 0. The predicted octanol–water partition coefficient (Wildman–Crippen LogP) is 2.89. The summed E-state index contributed by atoms with van der Waals surface area (Å²) in [4.78, 5) is 7.09. The van der Waals surface area contributed by atoms with Gasteiger partial charge in [0.25, 0.3) is 0 Å². The van der Waals surface area contributed by atoms with E-state index in [4.69, 9.17) is 19.2 Å². The second kappa shape index (κ2) is 15.6. The lowest BCUT2D eigenvalue weighted by atomic mass is 10.2. The molecule has 8 heteroatoms. The molecule has 1 aromatic carbocycles. The predicted molar refractivity (Wildman–Crippen MR) is 130 cm³/mol. The van der Waals surface area contributed by atoms with Crippen LogP contribution in [-0.4, -0.2) is 72.2 Å². The molecule has 1 aromatic rings. The van der Waals surface area contributed by atoms with E-state index in [1.165, 1.54) is 0 Å². The first kappa shape index (κ1) is 25.8. The van der Waals surface area contributed by atoms with Gasteiger partial charge in [-0.1, -0.05) is 12.1 Å². The number of hydrogen-bond acceptors (Lipinski definition) is 5. The standard InChI is InChI=1S/C21H36N4O3.HI/c1-4-22-21(23-12-7-8-14-28-16-15-26-2)24-18-11-13-25(17-18)19-9-5-6-10-20(19)27-3;/h5-6,9-10,18H,4,7-8,11-17H2,1-3H3,(H2,22,23,24);1H. The highest BCUT2D eigenvalue weighted by atomic mass is 127. The van der Waals surface area contributed by atoms with Gasteiger partial charge in [-0.3, -0.25) is 4.99 Å². The van der Waals surface area contributed by atoms with Gasteiger partial charge in [-0.25, -0.2) is 0 Å². The molecule has 1 aliphatic heterocycles. The summed E-state index contributed by atoms with van der Waals surface area (Å²) in [5.41, 5.74) is 1.16. The van der Waals surface area contributed by atoms with Crippen LogP contribution in [0.3, 0.4) is 0 Å². The number of benzene rings is 1. The Morgan fingerprint density at radius 2 is 2.00 bits per heavy atom. The van der Waals surface area contributed by atoms with Crippen molar-refractivity contribution >= 4 is 35.6 Å². The van der Waals surface area contributed by atoms with E-state index in [2.05, 4.69) is 34.6 Å². The third-order valence-electron chi connectivity index (χ3n) is 4.70. The van der Waals surface area contributed by atoms with E-state index >= 15 is 0 Å². The summed E-state index contributed by atoms with van der Waals surface area (Å²) in [6, 6.07) is 8.58. The number of ether oxygens (including phenoxy) is 3. The molecule has 0 aromatic heterocycles. The summed E-state index contributed by atoms with van der Waals surface area (Å²) in [5.74, 6) is 1.83. The number of anilines is 1. The van der Waals surface area contributed by atoms with Crippen LogP contribution in [0, 0.1) is 0 Å². The molecule has 29 heavy (non-hydrogen) atoms. The van der Waals surface area contributed by atoms with E-state index in [-0.39, 0.29) is 24.0 Å². The van der Waals surface area contributed by atoms with Gasteiger partial charge >= 0.3 is 0 Å². The van der Waals surface area contributed by atoms with Crippen molar-refractivity contribution in [3.05, 3.63) is 24.3 Å². The van der Waals surface area contributed by atoms with E-state index in [1.54, 1.807) is 14.2 Å². The normalized spacial score (nSPS) is 16.4. The van der Waals surface area contributed by atoms with E-state index in [0.717, 1.165) is 69.4 Å². The molecule has 0 aliphatic carbocycles. The molecule has 1 heterocycles. The van der Waals surface area contributed by atoms with Crippen molar-refractivity contribution < 1.29 is 14.2 Å². The smallest absolute Gasteiger partial charge is 0.191 e. The van der Waals surface area contributed by atoms with Gasteiger partial charge in [-0.05, 0) is 38.3 Å². The molecule has 1 unspecified atom stereocenters. The van der Waals surface area contributed by atoms with Crippen LogP contribution in [-0.2, 0) is 9.47 Å². The second-order valence-electron chi connectivity index (χ2n) is 6.82.